The number of aliphatic imine (C=N–C) groups is 1. The van der Waals surface area contributed by atoms with Crippen molar-refractivity contribution in [2.75, 3.05) is 18.1 Å². The Labute approximate surface area is 64.4 Å². The van der Waals surface area contributed by atoms with Gasteiger partial charge in [0.25, 0.3) is 0 Å². The summed E-state index contributed by atoms with van der Waals surface area (Å²) in [5.74, 6) is 1.08. The SMILES string of the molecule is C/N=C\Nc1cc(N)ncn1. The number of anilines is 2. The molecule has 0 aliphatic carbocycles. The third kappa shape index (κ3) is 2.21. The second-order valence-electron chi connectivity index (χ2n) is 1.86. The predicted octanol–water partition coefficient (Wildman–Crippen LogP) is 0.129. The Morgan fingerprint density at radius 2 is 2.45 bits per heavy atom. The molecule has 0 unspecified atom stereocenters. The first kappa shape index (κ1) is 7.46. The van der Waals surface area contributed by atoms with Crippen molar-refractivity contribution in [2.45, 2.75) is 0 Å². The number of hydrogen-bond acceptors (Lipinski definition) is 4. The minimum atomic E-state index is 0.437. The van der Waals surface area contributed by atoms with Gasteiger partial charge in [-0.25, -0.2) is 9.97 Å². The van der Waals surface area contributed by atoms with E-state index in [0.29, 0.717) is 11.6 Å². The molecule has 0 radical (unpaired) electrons. The van der Waals surface area contributed by atoms with Crippen LogP contribution in [0.3, 0.4) is 0 Å². The molecule has 0 saturated carbocycles. The van der Waals surface area contributed by atoms with Gasteiger partial charge in [-0.05, 0) is 0 Å². The highest BCUT2D eigenvalue weighted by atomic mass is 15.0. The van der Waals surface area contributed by atoms with Crippen molar-refractivity contribution < 1.29 is 0 Å². The zero-order chi connectivity index (χ0) is 8.10. The van der Waals surface area contributed by atoms with E-state index in [9.17, 15) is 0 Å². The summed E-state index contributed by atoms with van der Waals surface area (Å²) in [6, 6.07) is 1.63. The molecule has 5 nitrogen and oxygen atoms in total. The molecule has 1 aromatic rings. The zero-order valence-electron chi connectivity index (χ0n) is 6.15. The van der Waals surface area contributed by atoms with Gasteiger partial charge in [-0.15, -0.1) is 0 Å². The predicted molar refractivity (Wildman–Crippen MR) is 44.5 cm³/mol. The fraction of sp³-hybridized carbons (Fsp3) is 0.167. The first-order valence-corrected chi connectivity index (χ1v) is 3.07. The Hall–Kier alpha value is -1.65. The van der Waals surface area contributed by atoms with Crippen molar-refractivity contribution in [3.05, 3.63) is 12.4 Å². The molecule has 0 saturated heterocycles. The third-order valence-corrected chi connectivity index (χ3v) is 1.03. The molecule has 0 spiro atoms. The minimum Gasteiger partial charge on any atom is -0.384 e. The first-order chi connectivity index (χ1) is 5.33. The summed E-state index contributed by atoms with van der Waals surface area (Å²) in [5.41, 5.74) is 5.39. The Balaban J connectivity index is 2.71. The fourth-order valence-corrected chi connectivity index (χ4v) is 0.582. The van der Waals surface area contributed by atoms with Crippen molar-refractivity contribution in [1.82, 2.24) is 9.97 Å². The summed E-state index contributed by atoms with van der Waals surface area (Å²) in [4.78, 5) is 11.3. The molecule has 0 aromatic carbocycles. The van der Waals surface area contributed by atoms with Gasteiger partial charge >= 0.3 is 0 Å². The smallest absolute Gasteiger partial charge is 0.136 e. The molecule has 58 valence electrons. The fourth-order valence-electron chi connectivity index (χ4n) is 0.582. The monoisotopic (exact) mass is 151 g/mol. The maximum Gasteiger partial charge on any atom is 0.136 e. The molecule has 0 atom stereocenters. The molecule has 1 rings (SSSR count). The van der Waals surface area contributed by atoms with Gasteiger partial charge in [0.05, 0.1) is 6.34 Å². The van der Waals surface area contributed by atoms with Gasteiger partial charge in [0.1, 0.15) is 18.0 Å². The summed E-state index contributed by atoms with van der Waals surface area (Å²) >= 11 is 0. The van der Waals surface area contributed by atoms with Crippen molar-refractivity contribution >= 4 is 18.0 Å². The van der Waals surface area contributed by atoms with E-state index in [1.807, 2.05) is 0 Å². The van der Waals surface area contributed by atoms with Gasteiger partial charge in [0, 0.05) is 13.1 Å². The highest BCUT2D eigenvalue weighted by Gasteiger charge is 1.90. The van der Waals surface area contributed by atoms with Gasteiger partial charge in [-0.1, -0.05) is 0 Å². The van der Waals surface area contributed by atoms with E-state index in [4.69, 9.17) is 5.73 Å². The first-order valence-electron chi connectivity index (χ1n) is 3.07. The van der Waals surface area contributed by atoms with Crippen LogP contribution in [0.1, 0.15) is 0 Å². The van der Waals surface area contributed by atoms with Gasteiger partial charge in [0.2, 0.25) is 0 Å². The van der Waals surface area contributed by atoms with Crippen LogP contribution in [0.15, 0.2) is 17.4 Å². The Bertz CT molecular complexity index is 257. The molecule has 3 N–H and O–H groups in total. The standard InChI is InChI=1S/C6H9N5/c1-8-3-10-6-2-5(7)9-4-11-6/h2-4H,1H3,(H3,7,8,9,10,11). The molecule has 0 bridgehead atoms. The molecule has 1 aromatic heterocycles. The molecule has 11 heavy (non-hydrogen) atoms. The van der Waals surface area contributed by atoms with E-state index in [0.717, 1.165) is 0 Å². The number of nitrogens with zero attached hydrogens (tertiary/aromatic N) is 3. The second kappa shape index (κ2) is 3.50. The lowest BCUT2D eigenvalue weighted by molar-refractivity contribution is 1.18. The number of aromatic nitrogens is 2. The van der Waals surface area contributed by atoms with Gasteiger partial charge < -0.3 is 11.1 Å². The van der Waals surface area contributed by atoms with Crippen molar-refractivity contribution in [3.8, 4) is 0 Å². The summed E-state index contributed by atoms with van der Waals surface area (Å²) in [6.07, 6.45) is 2.92. The van der Waals surface area contributed by atoms with Gasteiger partial charge in [-0.2, -0.15) is 0 Å². The summed E-state index contributed by atoms with van der Waals surface area (Å²) < 4.78 is 0. The lowest BCUT2D eigenvalue weighted by Gasteiger charge is -1.97. The molecular formula is C6H9N5. The molecule has 1 heterocycles. The highest BCUT2D eigenvalue weighted by Crippen LogP contribution is 2.02. The third-order valence-electron chi connectivity index (χ3n) is 1.03. The van der Waals surface area contributed by atoms with Crippen molar-refractivity contribution in [3.63, 3.8) is 0 Å². The van der Waals surface area contributed by atoms with E-state index in [1.165, 1.54) is 12.7 Å². The summed E-state index contributed by atoms with van der Waals surface area (Å²) in [6.45, 7) is 0. The average molecular weight is 151 g/mol. The van der Waals surface area contributed by atoms with E-state index < -0.39 is 0 Å². The molecular weight excluding hydrogens is 142 g/mol. The number of nitrogens with two attached hydrogens (primary N) is 1. The van der Waals surface area contributed by atoms with Crippen LogP contribution in [-0.2, 0) is 0 Å². The number of rotatable bonds is 2. The van der Waals surface area contributed by atoms with Crippen LogP contribution in [0.4, 0.5) is 11.6 Å². The lowest BCUT2D eigenvalue weighted by atomic mass is 10.5. The van der Waals surface area contributed by atoms with Crippen LogP contribution >= 0.6 is 0 Å². The molecule has 0 aliphatic heterocycles. The molecule has 5 heteroatoms. The van der Waals surface area contributed by atoms with Crippen LogP contribution in [0.25, 0.3) is 0 Å². The van der Waals surface area contributed by atoms with Crippen molar-refractivity contribution in [2.24, 2.45) is 4.99 Å². The Morgan fingerprint density at radius 1 is 1.64 bits per heavy atom. The zero-order valence-corrected chi connectivity index (χ0v) is 6.15. The second-order valence-corrected chi connectivity index (χ2v) is 1.86. The van der Waals surface area contributed by atoms with Crippen LogP contribution in [-0.4, -0.2) is 23.4 Å². The lowest BCUT2D eigenvalue weighted by Crippen LogP contribution is -1.99. The maximum absolute atomic E-state index is 5.39. The number of nitrogens with one attached hydrogen (secondary N) is 1. The Kier molecular flexibility index (Phi) is 2.37. The van der Waals surface area contributed by atoms with Crippen LogP contribution in [0, 0.1) is 0 Å². The van der Waals surface area contributed by atoms with Gasteiger partial charge in [-0.3, -0.25) is 4.99 Å². The van der Waals surface area contributed by atoms with Crippen LogP contribution in [0.2, 0.25) is 0 Å². The minimum absolute atomic E-state index is 0.437. The molecule has 0 fully saturated rings. The summed E-state index contributed by atoms with van der Waals surface area (Å²) in [7, 11) is 1.66. The normalized spacial score (nSPS) is 10.3. The van der Waals surface area contributed by atoms with Crippen molar-refractivity contribution in [1.29, 1.82) is 0 Å². The van der Waals surface area contributed by atoms with Gasteiger partial charge in [0.15, 0.2) is 0 Å². The topological polar surface area (TPSA) is 76.2 Å². The quantitative estimate of drug-likeness (QED) is 0.465. The largest absolute Gasteiger partial charge is 0.384 e. The Morgan fingerprint density at radius 3 is 3.09 bits per heavy atom. The molecule has 0 amide bonds. The summed E-state index contributed by atoms with van der Waals surface area (Å²) in [5, 5.41) is 2.81. The number of hydrogen-bond donors (Lipinski definition) is 2. The molecule has 0 aliphatic rings. The van der Waals surface area contributed by atoms with E-state index in [1.54, 1.807) is 13.1 Å². The number of nitrogen functional groups attached to an aromatic ring is 1. The average Bonchev–Trinajstić information content (AvgIpc) is 2.01. The van der Waals surface area contributed by atoms with Crippen LogP contribution in [0.5, 0.6) is 0 Å². The van der Waals surface area contributed by atoms with E-state index in [-0.39, 0.29) is 0 Å². The van der Waals surface area contributed by atoms with Crippen LogP contribution < -0.4 is 11.1 Å². The maximum atomic E-state index is 5.39. The highest BCUT2D eigenvalue weighted by molar-refractivity contribution is 5.73. The van der Waals surface area contributed by atoms with E-state index >= 15 is 0 Å². The van der Waals surface area contributed by atoms with E-state index in [2.05, 4.69) is 20.3 Å².